The molecule has 0 aliphatic rings. The number of pyridine rings is 1. The fourth-order valence-corrected chi connectivity index (χ4v) is 2.14. The van der Waals surface area contributed by atoms with Crippen molar-refractivity contribution in [2.75, 3.05) is 0 Å². The van der Waals surface area contributed by atoms with Gasteiger partial charge in [0.2, 0.25) is 0 Å². The second-order valence-electron chi connectivity index (χ2n) is 4.59. The molecule has 0 spiro atoms. The van der Waals surface area contributed by atoms with Gasteiger partial charge in [-0.05, 0) is 32.4 Å². The minimum Gasteiger partial charge on any atom is -0.326 e. The molecule has 0 saturated heterocycles. The van der Waals surface area contributed by atoms with E-state index in [9.17, 15) is 0 Å². The number of hydrogen-bond acceptors (Lipinski definition) is 3. The second kappa shape index (κ2) is 5.31. The lowest BCUT2D eigenvalue weighted by atomic mass is 10.0. The molecule has 18 heavy (non-hydrogen) atoms. The van der Waals surface area contributed by atoms with Gasteiger partial charge in [0.25, 0.3) is 0 Å². The fourth-order valence-electron chi connectivity index (χ4n) is 2.14. The van der Waals surface area contributed by atoms with E-state index >= 15 is 0 Å². The largest absolute Gasteiger partial charge is 0.326 e. The Morgan fingerprint density at radius 2 is 2.06 bits per heavy atom. The molecule has 2 unspecified atom stereocenters. The van der Waals surface area contributed by atoms with Crippen LogP contribution in [0.1, 0.15) is 36.5 Å². The lowest BCUT2D eigenvalue weighted by Crippen LogP contribution is -2.33. The van der Waals surface area contributed by atoms with E-state index in [1.54, 1.807) is 0 Å². The number of hydrogen-bond donors (Lipinski definition) is 1. The van der Waals surface area contributed by atoms with Gasteiger partial charge in [0.05, 0.1) is 23.8 Å². The van der Waals surface area contributed by atoms with Crippen molar-refractivity contribution in [2.24, 2.45) is 5.73 Å². The highest BCUT2D eigenvalue weighted by Crippen LogP contribution is 2.23. The Morgan fingerprint density at radius 3 is 2.56 bits per heavy atom. The molecule has 2 rings (SSSR count). The molecule has 0 aliphatic heterocycles. The summed E-state index contributed by atoms with van der Waals surface area (Å²) in [6.07, 6.45) is 4.57. The average Bonchev–Trinajstić information content (AvgIpc) is 2.72. The molecule has 4 nitrogen and oxygen atoms in total. The van der Waals surface area contributed by atoms with Gasteiger partial charge in [-0.3, -0.25) is 4.98 Å². The van der Waals surface area contributed by atoms with Gasteiger partial charge in [-0.1, -0.05) is 13.0 Å². The van der Waals surface area contributed by atoms with Crippen LogP contribution in [0.4, 0.5) is 0 Å². The van der Waals surface area contributed by atoms with Crippen LogP contribution in [0.25, 0.3) is 0 Å². The van der Waals surface area contributed by atoms with E-state index in [0.29, 0.717) is 0 Å². The maximum Gasteiger partial charge on any atom is 0.0958 e. The molecular weight excluding hydrogens is 224 g/mol. The molecule has 2 heterocycles. The quantitative estimate of drug-likeness (QED) is 0.897. The highest BCUT2D eigenvalue weighted by atomic mass is 15.1. The van der Waals surface area contributed by atoms with Gasteiger partial charge in [-0.15, -0.1) is 0 Å². The van der Waals surface area contributed by atoms with Crippen molar-refractivity contribution in [1.29, 1.82) is 0 Å². The summed E-state index contributed by atoms with van der Waals surface area (Å²) in [7, 11) is 0. The number of rotatable bonds is 4. The Hall–Kier alpha value is -1.68. The fraction of sp³-hybridized carbons (Fsp3) is 0.429. The second-order valence-corrected chi connectivity index (χ2v) is 4.59. The number of nitrogens with zero attached hydrogens (tertiary/aromatic N) is 3. The summed E-state index contributed by atoms with van der Waals surface area (Å²) in [6, 6.07) is 6.03. The first-order valence-electron chi connectivity index (χ1n) is 6.31. The van der Waals surface area contributed by atoms with E-state index in [2.05, 4.69) is 28.4 Å². The number of aryl methyl sites for hydroxylation is 1. The molecule has 2 aromatic heterocycles. The molecule has 0 aliphatic carbocycles. The van der Waals surface area contributed by atoms with Crippen molar-refractivity contribution < 1.29 is 0 Å². The van der Waals surface area contributed by atoms with Crippen molar-refractivity contribution in [2.45, 2.75) is 39.3 Å². The normalized spacial score (nSPS) is 14.4. The summed E-state index contributed by atoms with van der Waals surface area (Å²) < 4.78 is 2.13. The smallest absolute Gasteiger partial charge is 0.0958 e. The summed E-state index contributed by atoms with van der Waals surface area (Å²) in [5, 5.41) is 0. The van der Waals surface area contributed by atoms with E-state index in [-0.39, 0.29) is 12.1 Å². The summed E-state index contributed by atoms with van der Waals surface area (Å²) in [4.78, 5) is 8.81. The highest BCUT2D eigenvalue weighted by molar-refractivity contribution is 5.18. The van der Waals surface area contributed by atoms with Crippen LogP contribution in [0.15, 0.2) is 30.7 Å². The summed E-state index contributed by atoms with van der Waals surface area (Å²) in [6.45, 7) is 6.18. The van der Waals surface area contributed by atoms with E-state index < -0.39 is 0 Å². The zero-order valence-electron chi connectivity index (χ0n) is 11.2. The first-order chi connectivity index (χ1) is 8.65. The lowest BCUT2D eigenvalue weighted by molar-refractivity contribution is 0.443. The Labute approximate surface area is 108 Å². The van der Waals surface area contributed by atoms with E-state index in [1.165, 1.54) is 0 Å². The van der Waals surface area contributed by atoms with Gasteiger partial charge in [0, 0.05) is 17.9 Å². The van der Waals surface area contributed by atoms with Crippen LogP contribution >= 0.6 is 0 Å². The maximum atomic E-state index is 6.27. The zero-order valence-corrected chi connectivity index (χ0v) is 11.2. The Bertz CT molecular complexity index is 504. The molecule has 0 aromatic carbocycles. The Balaban J connectivity index is 2.47. The van der Waals surface area contributed by atoms with Crippen LogP contribution in [0, 0.1) is 13.8 Å². The minimum absolute atomic E-state index is 0.0344. The van der Waals surface area contributed by atoms with Crippen LogP contribution in [0.3, 0.4) is 0 Å². The molecule has 0 fully saturated rings. The van der Waals surface area contributed by atoms with E-state index in [4.69, 9.17) is 5.73 Å². The first kappa shape index (κ1) is 12.8. The molecular formula is C14H20N4. The van der Waals surface area contributed by atoms with Crippen molar-refractivity contribution in [3.05, 3.63) is 47.8 Å². The Kier molecular flexibility index (Phi) is 3.77. The summed E-state index contributed by atoms with van der Waals surface area (Å²) in [5.74, 6) is 0. The van der Waals surface area contributed by atoms with Gasteiger partial charge >= 0.3 is 0 Å². The van der Waals surface area contributed by atoms with Gasteiger partial charge in [0.1, 0.15) is 0 Å². The lowest BCUT2D eigenvalue weighted by Gasteiger charge is -2.25. The first-order valence-corrected chi connectivity index (χ1v) is 6.31. The van der Waals surface area contributed by atoms with Gasteiger partial charge in [-0.2, -0.15) is 0 Å². The van der Waals surface area contributed by atoms with E-state index in [0.717, 1.165) is 23.5 Å². The Morgan fingerprint density at radius 1 is 1.28 bits per heavy atom. The van der Waals surface area contributed by atoms with Crippen molar-refractivity contribution in [3.63, 3.8) is 0 Å². The molecule has 0 saturated carbocycles. The molecule has 2 aromatic rings. The predicted molar refractivity (Wildman–Crippen MR) is 72.3 cm³/mol. The van der Waals surface area contributed by atoms with Crippen LogP contribution in [-0.4, -0.2) is 20.6 Å². The van der Waals surface area contributed by atoms with Crippen LogP contribution in [0.2, 0.25) is 0 Å². The summed E-state index contributed by atoms with van der Waals surface area (Å²) in [5.41, 5.74) is 9.45. The number of aromatic nitrogens is 3. The van der Waals surface area contributed by atoms with Crippen LogP contribution in [-0.2, 0) is 0 Å². The minimum atomic E-state index is 0.0344. The van der Waals surface area contributed by atoms with Gasteiger partial charge in [-0.25, -0.2) is 4.98 Å². The van der Waals surface area contributed by atoms with Crippen molar-refractivity contribution in [3.8, 4) is 0 Å². The standard InChI is InChI=1S/C14H20N4/c1-4-12(15)14(13-7-5-6-8-16-13)18-9-17-10(2)11(18)3/h5-9,12,14H,4,15H2,1-3H3. The third-order valence-electron chi connectivity index (χ3n) is 3.45. The predicted octanol–water partition coefficient (Wildman–Crippen LogP) is 2.22. The average molecular weight is 244 g/mol. The van der Waals surface area contributed by atoms with Gasteiger partial charge in [0.15, 0.2) is 0 Å². The van der Waals surface area contributed by atoms with Crippen LogP contribution < -0.4 is 5.73 Å². The number of nitrogens with two attached hydrogens (primary N) is 1. The van der Waals surface area contributed by atoms with Crippen LogP contribution in [0.5, 0.6) is 0 Å². The van der Waals surface area contributed by atoms with Crippen molar-refractivity contribution >= 4 is 0 Å². The topological polar surface area (TPSA) is 56.7 Å². The SMILES string of the molecule is CCC(N)C(c1ccccn1)n1cnc(C)c1C. The summed E-state index contributed by atoms with van der Waals surface area (Å²) >= 11 is 0. The molecule has 0 bridgehead atoms. The molecule has 4 heteroatoms. The third kappa shape index (κ3) is 2.29. The molecule has 2 N–H and O–H groups in total. The third-order valence-corrected chi connectivity index (χ3v) is 3.45. The highest BCUT2D eigenvalue weighted by Gasteiger charge is 2.23. The van der Waals surface area contributed by atoms with Crippen molar-refractivity contribution in [1.82, 2.24) is 14.5 Å². The van der Waals surface area contributed by atoms with Gasteiger partial charge < -0.3 is 10.3 Å². The number of imidazole rings is 1. The van der Waals surface area contributed by atoms with E-state index in [1.807, 2.05) is 37.6 Å². The zero-order chi connectivity index (χ0) is 13.1. The molecule has 0 amide bonds. The molecule has 96 valence electrons. The molecule has 0 radical (unpaired) electrons. The maximum absolute atomic E-state index is 6.27. The monoisotopic (exact) mass is 244 g/mol. The molecule has 2 atom stereocenters.